The van der Waals surface area contributed by atoms with Crippen LogP contribution in [0.25, 0.3) is 27.3 Å². The first-order valence-corrected chi connectivity index (χ1v) is 5.79. The van der Waals surface area contributed by atoms with Crippen molar-refractivity contribution in [3.8, 4) is 5.75 Å². The van der Waals surface area contributed by atoms with Crippen molar-refractivity contribution in [3.05, 3.63) is 57.1 Å². The molecule has 0 unspecified atom stereocenters. The number of aromatic amines is 1. The van der Waals surface area contributed by atoms with E-state index in [9.17, 15) is 14.7 Å². The fraction of sp³-hybridized carbons (Fsp3) is 0. The SMILES string of the molecule is O=c1cccc2[nH]c3c(c(O)c12)c(=O)n1cccc31. The van der Waals surface area contributed by atoms with E-state index >= 15 is 0 Å². The van der Waals surface area contributed by atoms with E-state index in [0.29, 0.717) is 16.6 Å². The molecule has 0 amide bonds. The molecule has 92 valence electrons. The highest BCUT2D eigenvalue weighted by atomic mass is 16.3. The Morgan fingerprint density at radius 1 is 1.05 bits per heavy atom. The lowest BCUT2D eigenvalue weighted by atomic mass is 10.1. The number of hydrogen-bond acceptors (Lipinski definition) is 3. The first kappa shape index (κ1) is 10.1. The first-order valence-electron chi connectivity index (χ1n) is 5.79. The molecule has 19 heavy (non-hydrogen) atoms. The van der Waals surface area contributed by atoms with Crippen LogP contribution in [0.3, 0.4) is 0 Å². The van der Waals surface area contributed by atoms with Gasteiger partial charge in [-0.1, -0.05) is 6.07 Å². The first-order chi connectivity index (χ1) is 9.18. The molecule has 0 saturated heterocycles. The van der Waals surface area contributed by atoms with Crippen molar-refractivity contribution in [2.24, 2.45) is 0 Å². The van der Waals surface area contributed by atoms with E-state index < -0.39 is 0 Å². The molecule has 3 heterocycles. The van der Waals surface area contributed by atoms with Crippen molar-refractivity contribution in [3.63, 3.8) is 0 Å². The molecule has 0 aliphatic heterocycles. The number of pyridine rings is 1. The van der Waals surface area contributed by atoms with Crippen LogP contribution in [0.1, 0.15) is 0 Å². The molecule has 2 N–H and O–H groups in total. The molecule has 3 aromatic heterocycles. The van der Waals surface area contributed by atoms with Crippen LogP contribution >= 0.6 is 0 Å². The summed E-state index contributed by atoms with van der Waals surface area (Å²) in [5, 5.41) is 10.6. The molecule has 0 fully saturated rings. The Morgan fingerprint density at radius 3 is 2.74 bits per heavy atom. The summed E-state index contributed by atoms with van der Waals surface area (Å²) < 4.78 is 1.45. The maximum Gasteiger partial charge on any atom is 0.268 e. The largest absolute Gasteiger partial charge is 0.506 e. The highest BCUT2D eigenvalue weighted by molar-refractivity contribution is 6.06. The molecule has 0 bridgehead atoms. The molecule has 0 radical (unpaired) electrons. The number of fused-ring (bicyclic) bond motifs is 4. The number of aromatic nitrogens is 2. The molecule has 5 nitrogen and oxygen atoms in total. The van der Waals surface area contributed by atoms with Crippen molar-refractivity contribution in [2.45, 2.75) is 0 Å². The normalized spacial score (nSPS) is 11.8. The third-order valence-corrected chi connectivity index (χ3v) is 3.45. The number of H-pyrrole nitrogens is 1. The van der Waals surface area contributed by atoms with Crippen LogP contribution in [-0.2, 0) is 0 Å². The van der Waals surface area contributed by atoms with Crippen LogP contribution in [0, 0.1) is 0 Å². The van der Waals surface area contributed by atoms with Gasteiger partial charge in [-0.05, 0) is 24.3 Å². The second-order valence-electron chi connectivity index (χ2n) is 4.47. The van der Waals surface area contributed by atoms with Crippen molar-refractivity contribution in [2.75, 3.05) is 0 Å². The Balaban J connectivity index is 2.46. The van der Waals surface area contributed by atoms with Gasteiger partial charge in [0.1, 0.15) is 11.1 Å². The predicted molar refractivity (Wildman–Crippen MR) is 72.2 cm³/mol. The zero-order valence-corrected chi connectivity index (χ0v) is 9.68. The molecule has 0 spiro atoms. The number of benzene rings is 1. The van der Waals surface area contributed by atoms with Gasteiger partial charge in [-0.3, -0.25) is 14.0 Å². The van der Waals surface area contributed by atoms with Gasteiger partial charge in [-0.25, -0.2) is 0 Å². The Morgan fingerprint density at radius 2 is 1.89 bits per heavy atom. The number of nitrogens with one attached hydrogen (secondary N) is 1. The highest BCUT2D eigenvalue weighted by Crippen LogP contribution is 2.30. The van der Waals surface area contributed by atoms with E-state index in [2.05, 4.69) is 4.98 Å². The van der Waals surface area contributed by atoms with Crippen LogP contribution in [0.15, 0.2) is 46.1 Å². The summed E-state index contributed by atoms with van der Waals surface area (Å²) in [4.78, 5) is 27.1. The maximum atomic E-state index is 12.2. The summed E-state index contributed by atoms with van der Waals surface area (Å²) in [6.45, 7) is 0. The van der Waals surface area contributed by atoms with Crippen LogP contribution in [0.4, 0.5) is 0 Å². The van der Waals surface area contributed by atoms with Crippen LogP contribution in [0.2, 0.25) is 0 Å². The average molecular weight is 252 g/mol. The van der Waals surface area contributed by atoms with E-state index in [0.717, 1.165) is 0 Å². The zero-order chi connectivity index (χ0) is 13.1. The number of hydrogen-bond donors (Lipinski definition) is 2. The second kappa shape index (κ2) is 3.14. The lowest BCUT2D eigenvalue weighted by Crippen LogP contribution is -2.06. The second-order valence-corrected chi connectivity index (χ2v) is 4.47. The predicted octanol–water partition coefficient (Wildman–Crippen LogP) is 1.44. The van der Waals surface area contributed by atoms with E-state index in [-0.39, 0.29) is 27.5 Å². The molecule has 0 saturated carbocycles. The van der Waals surface area contributed by atoms with Gasteiger partial charge >= 0.3 is 0 Å². The van der Waals surface area contributed by atoms with E-state index in [1.54, 1.807) is 30.5 Å². The minimum atomic E-state index is -0.325. The average Bonchev–Trinajstić information content (AvgIpc) is 2.94. The molecule has 0 aliphatic rings. The number of rotatable bonds is 0. The maximum absolute atomic E-state index is 12.2. The third-order valence-electron chi connectivity index (χ3n) is 3.45. The van der Waals surface area contributed by atoms with Gasteiger partial charge in [0.15, 0.2) is 5.43 Å². The van der Waals surface area contributed by atoms with Gasteiger partial charge in [0.05, 0.1) is 21.9 Å². The summed E-state index contributed by atoms with van der Waals surface area (Å²) >= 11 is 0. The van der Waals surface area contributed by atoms with Crippen molar-refractivity contribution < 1.29 is 5.11 Å². The fourth-order valence-electron chi connectivity index (χ4n) is 2.60. The summed E-state index contributed by atoms with van der Waals surface area (Å²) in [6, 6.07) is 8.22. The zero-order valence-electron chi connectivity index (χ0n) is 9.68. The summed E-state index contributed by atoms with van der Waals surface area (Å²) in [6.07, 6.45) is 1.63. The van der Waals surface area contributed by atoms with Gasteiger partial charge in [0.2, 0.25) is 0 Å². The van der Waals surface area contributed by atoms with Crippen molar-refractivity contribution in [1.82, 2.24) is 9.38 Å². The monoisotopic (exact) mass is 252 g/mol. The van der Waals surface area contributed by atoms with Crippen LogP contribution in [-0.4, -0.2) is 14.5 Å². The molecular weight excluding hydrogens is 244 g/mol. The van der Waals surface area contributed by atoms with Crippen LogP contribution < -0.4 is 11.0 Å². The topological polar surface area (TPSA) is 74.6 Å². The van der Waals surface area contributed by atoms with Crippen LogP contribution in [0.5, 0.6) is 5.75 Å². The molecule has 0 atom stereocenters. The summed E-state index contributed by atoms with van der Waals surface area (Å²) in [7, 11) is 0. The quantitative estimate of drug-likeness (QED) is 0.497. The Bertz CT molecular complexity index is 1060. The Labute approximate surface area is 105 Å². The highest BCUT2D eigenvalue weighted by Gasteiger charge is 2.17. The number of nitrogens with zero attached hydrogens (tertiary/aromatic N) is 1. The van der Waals surface area contributed by atoms with Gasteiger partial charge in [-0.15, -0.1) is 0 Å². The van der Waals surface area contributed by atoms with Crippen molar-refractivity contribution >= 4 is 27.3 Å². The molecule has 4 rings (SSSR count). The van der Waals surface area contributed by atoms with Gasteiger partial charge in [-0.2, -0.15) is 0 Å². The van der Waals surface area contributed by atoms with Gasteiger partial charge in [0.25, 0.3) is 5.56 Å². The minimum Gasteiger partial charge on any atom is -0.506 e. The molecule has 4 aromatic rings. The molecule has 5 heteroatoms. The Kier molecular flexibility index (Phi) is 1.67. The lowest BCUT2D eigenvalue weighted by molar-refractivity contribution is 0.487. The summed E-state index contributed by atoms with van der Waals surface area (Å²) in [5.41, 5.74) is 1.12. The van der Waals surface area contributed by atoms with Gasteiger partial charge < -0.3 is 10.1 Å². The lowest BCUT2D eigenvalue weighted by Gasteiger charge is -2.01. The third kappa shape index (κ3) is 1.09. The fourth-order valence-corrected chi connectivity index (χ4v) is 2.60. The van der Waals surface area contributed by atoms with Crippen molar-refractivity contribution in [1.29, 1.82) is 0 Å². The molecular formula is C14H8N2O3. The van der Waals surface area contributed by atoms with E-state index in [1.165, 1.54) is 10.5 Å². The number of aromatic hydroxyl groups is 1. The van der Waals surface area contributed by atoms with Gasteiger partial charge in [0, 0.05) is 6.20 Å². The molecule has 1 aromatic carbocycles. The minimum absolute atomic E-state index is 0.153. The van der Waals surface area contributed by atoms with E-state index in [4.69, 9.17) is 0 Å². The standard InChI is InChI=1S/C14H8N2O3/c17-9-5-1-3-7-10(9)13(18)11-12(15-7)8-4-2-6-16(8)14(11)19/h1-6,15,18H. The summed E-state index contributed by atoms with van der Waals surface area (Å²) in [5.74, 6) is -0.247. The smallest absolute Gasteiger partial charge is 0.268 e. The Hall–Kier alpha value is -2.82. The van der Waals surface area contributed by atoms with E-state index in [1.807, 2.05) is 0 Å². The molecule has 0 aliphatic carbocycles.